The van der Waals surface area contributed by atoms with Gasteiger partial charge in [-0.05, 0) is 43.3 Å². The summed E-state index contributed by atoms with van der Waals surface area (Å²) >= 11 is 5.73. The molecule has 2 aromatic rings. The lowest BCUT2D eigenvalue weighted by atomic mass is 10.3. The van der Waals surface area contributed by atoms with Crippen molar-refractivity contribution in [3.05, 3.63) is 59.4 Å². The van der Waals surface area contributed by atoms with Crippen molar-refractivity contribution in [2.24, 2.45) is 0 Å². The summed E-state index contributed by atoms with van der Waals surface area (Å²) in [5, 5.41) is 0.542. The number of carbonyl (C=O) groups excluding carboxylic acids is 1. The molecule has 0 aromatic heterocycles. The molecular weight excluding hydrogens is 283 g/mol. The number of para-hydroxylation sites is 1. The van der Waals surface area contributed by atoms with Gasteiger partial charge in [-0.1, -0.05) is 23.7 Å². The second-order valence-corrected chi connectivity index (χ2v) is 4.50. The lowest BCUT2D eigenvalue weighted by Crippen LogP contribution is -2.28. The highest BCUT2D eigenvalue weighted by Gasteiger charge is 2.18. The fourth-order valence-electron chi connectivity index (χ4n) is 1.48. The first-order valence-electron chi connectivity index (χ1n) is 5.94. The summed E-state index contributed by atoms with van der Waals surface area (Å²) in [7, 11) is 0. The predicted octanol–water partition coefficient (Wildman–Crippen LogP) is 3.85. The summed E-state index contributed by atoms with van der Waals surface area (Å²) in [6, 6.07) is 12.2. The normalized spacial score (nSPS) is 11.8. The molecule has 0 saturated heterocycles. The molecule has 0 aliphatic heterocycles. The van der Waals surface area contributed by atoms with Crippen LogP contribution >= 0.6 is 11.6 Å². The highest BCUT2D eigenvalue weighted by Crippen LogP contribution is 2.19. The first-order valence-corrected chi connectivity index (χ1v) is 6.32. The van der Waals surface area contributed by atoms with Crippen LogP contribution in [-0.4, -0.2) is 12.1 Å². The Morgan fingerprint density at radius 1 is 1.15 bits per heavy atom. The van der Waals surface area contributed by atoms with Crippen molar-refractivity contribution in [1.82, 2.24) is 0 Å². The molecule has 2 rings (SSSR count). The average Bonchev–Trinajstić information content (AvgIpc) is 2.44. The van der Waals surface area contributed by atoms with Gasteiger partial charge in [-0.2, -0.15) is 0 Å². The van der Waals surface area contributed by atoms with Crippen LogP contribution in [0.4, 0.5) is 4.39 Å². The molecular formula is C15H12ClFO3. The van der Waals surface area contributed by atoms with Gasteiger partial charge in [-0.3, -0.25) is 0 Å². The number of ether oxygens (including phenoxy) is 2. The summed E-state index contributed by atoms with van der Waals surface area (Å²) in [6.45, 7) is 1.49. The van der Waals surface area contributed by atoms with Crippen molar-refractivity contribution >= 4 is 17.6 Å². The van der Waals surface area contributed by atoms with Crippen molar-refractivity contribution in [1.29, 1.82) is 0 Å². The van der Waals surface area contributed by atoms with Crippen LogP contribution in [0.3, 0.4) is 0 Å². The summed E-state index contributed by atoms with van der Waals surface area (Å²) in [4.78, 5) is 11.8. The second-order valence-electron chi connectivity index (χ2n) is 4.07. The maximum atomic E-state index is 13.4. The third kappa shape index (κ3) is 3.71. The second kappa shape index (κ2) is 6.39. The zero-order valence-corrected chi connectivity index (χ0v) is 11.4. The predicted molar refractivity (Wildman–Crippen MR) is 73.6 cm³/mol. The molecule has 0 N–H and O–H groups in total. The van der Waals surface area contributed by atoms with E-state index in [1.807, 2.05) is 0 Å². The fourth-order valence-corrected chi connectivity index (χ4v) is 1.61. The van der Waals surface area contributed by atoms with Gasteiger partial charge in [0.05, 0.1) is 0 Å². The molecule has 0 saturated carbocycles. The topological polar surface area (TPSA) is 35.5 Å². The maximum absolute atomic E-state index is 13.4. The van der Waals surface area contributed by atoms with Crippen LogP contribution in [0.2, 0.25) is 5.02 Å². The van der Waals surface area contributed by atoms with Gasteiger partial charge in [0.2, 0.25) is 0 Å². The van der Waals surface area contributed by atoms with Crippen molar-refractivity contribution < 1.29 is 18.7 Å². The number of benzene rings is 2. The van der Waals surface area contributed by atoms with E-state index in [4.69, 9.17) is 21.1 Å². The van der Waals surface area contributed by atoms with Crippen LogP contribution in [0.5, 0.6) is 11.5 Å². The van der Waals surface area contributed by atoms with Gasteiger partial charge < -0.3 is 9.47 Å². The van der Waals surface area contributed by atoms with Crippen molar-refractivity contribution in [2.45, 2.75) is 13.0 Å². The Hall–Kier alpha value is -2.07. The summed E-state index contributed by atoms with van der Waals surface area (Å²) < 4.78 is 23.7. The first-order chi connectivity index (χ1) is 9.56. The molecule has 3 nitrogen and oxygen atoms in total. The lowest BCUT2D eigenvalue weighted by Gasteiger charge is -2.14. The largest absolute Gasteiger partial charge is 0.476 e. The van der Waals surface area contributed by atoms with Crippen LogP contribution in [0.15, 0.2) is 48.5 Å². The number of hydrogen-bond acceptors (Lipinski definition) is 3. The number of hydrogen-bond donors (Lipinski definition) is 0. The minimum atomic E-state index is -0.928. The molecule has 0 aliphatic carbocycles. The molecule has 104 valence electrons. The van der Waals surface area contributed by atoms with Gasteiger partial charge in [0.15, 0.2) is 17.7 Å². The Kier molecular flexibility index (Phi) is 4.58. The molecule has 0 radical (unpaired) electrons. The van der Waals surface area contributed by atoms with Gasteiger partial charge in [0.1, 0.15) is 5.75 Å². The van der Waals surface area contributed by atoms with E-state index in [2.05, 4.69) is 0 Å². The van der Waals surface area contributed by atoms with E-state index < -0.39 is 17.9 Å². The highest BCUT2D eigenvalue weighted by atomic mass is 35.5. The molecule has 20 heavy (non-hydrogen) atoms. The van der Waals surface area contributed by atoms with Crippen molar-refractivity contribution in [3.63, 3.8) is 0 Å². The Labute approximate surface area is 120 Å². The first kappa shape index (κ1) is 14.3. The fraction of sp³-hybridized carbons (Fsp3) is 0.133. The van der Waals surface area contributed by atoms with Gasteiger partial charge in [0, 0.05) is 5.02 Å². The average molecular weight is 295 g/mol. The number of halogens is 2. The monoisotopic (exact) mass is 294 g/mol. The van der Waals surface area contributed by atoms with Gasteiger partial charge in [0.25, 0.3) is 0 Å². The van der Waals surface area contributed by atoms with Crippen LogP contribution in [0.1, 0.15) is 6.92 Å². The number of esters is 1. The smallest absolute Gasteiger partial charge is 0.352 e. The van der Waals surface area contributed by atoms with Gasteiger partial charge in [-0.25, -0.2) is 9.18 Å². The molecule has 2 aromatic carbocycles. The highest BCUT2D eigenvalue weighted by molar-refractivity contribution is 6.30. The molecule has 0 bridgehead atoms. The van der Waals surface area contributed by atoms with E-state index in [-0.39, 0.29) is 5.75 Å². The quantitative estimate of drug-likeness (QED) is 0.634. The van der Waals surface area contributed by atoms with Crippen LogP contribution < -0.4 is 9.47 Å². The van der Waals surface area contributed by atoms with Crippen LogP contribution in [-0.2, 0) is 4.79 Å². The van der Waals surface area contributed by atoms with E-state index in [1.165, 1.54) is 19.1 Å². The SMILES string of the molecule is C[C@H](Oc1ccccc1F)C(=O)Oc1ccc(Cl)cc1. The lowest BCUT2D eigenvalue weighted by molar-refractivity contribution is -0.141. The number of rotatable bonds is 4. The van der Waals surface area contributed by atoms with E-state index in [9.17, 15) is 9.18 Å². The Balaban J connectivity index is 1.99. The third-order valence-corrected chi connectivity index (χ3v) is 2.76. The van der Waals surface area contributed by atoms with Crippen LogP contribution in [0.25, 0.3) is 0 Å². The van der Waals surface area contributed by atoms with E-state index in [0.29, 0.717) is 10.8 Å². The molecule has 1 atom stereocenters. The molecule has 5 heteroatoms. The standard InChI is InChI=1S/C15H12ClFO3/c1-10(19-14-5-3-2-4-13(14)17)15(18)20-12-8-6-11(16)7-9-12/h2-10H,1H3/t10-/m0/s1. The van der Waals surface area contributed by atoms with E-state index >= 15 is 0 Å². The molecule has 0 heterocycles. The maximum Gasteiger partial charge on any atom is 0.352 e. The van der Waals surface area contributed by atoms with Crippen molar-refractivity contribution in [2.75, 3.05) is 0 Å². The van der Waals surface area contributed by atoms with Crippen LogP contribution in [0, 0.1) is 5.82 Å². The summed E-state index contributed by atoms with van der Waals surface area (Å²) in [6.07, 6.45) is -0.928. The number of carbonyl (C=O) groups is 1. The molecule has 0 aliphatic rings. The Morgan fingerprint density at radius 2 is 1.80 bits per heavy atom. The summed E-state index contributed by atoms with van der Waals surface area (Å²) in [5.41, 5.74) is 0. The Bertz CT molecular complexity index is 598. The Morgan fingerprint density at radius 3 is 2.45 bits per heavy atom. The van der Waals surface area contributed by atoms with Gasteiger partial charge in [-0.15, -0.1) is 0 Å². The zero-order chi connectivity index (χ0) is 14.5. The third-order valence-electron chi connectivity index (χ3n) is 2.50. The molecule has 0 amide bonds. The molecule has 0 spiro atoms. The minimum absolute atomic E-state index is 0.00746. The zero-order valence-electron chi connectivity index (χ0n) is 10.7. The minimum Gasteiger partial charge on any atom is -0.476 e. The summed E-state index contributed by atoms with van der Waals surface area (Å²) in [5.74, 6) is -0.786. The molecule has 0 unspecified atom stereocenters. The van der Waals surface area contributed by atoms with E-state index in [0.717, 1.165) is 0 Å². The van der Waals surface area contributed by atoms with Crippen molar-refractivity contribution in [3.8, 4) is 11.5 Å². The van der Waals surface area contributed by atoms with E-state index in [1.54, 1.807) is 36.4 Å². The molecule has 0 fully saturated rings. The van der Waals surface area contributed by atoms with Gasteiger partial charge >= 0.3 is 5.97 Å².